The van der Waals surface area contributed by atoms with Crippen LogP contribution in [0.15, 0.2) is 12.3 Å². The third-order valence-corrected chi connectivity index (χ3v) is 3.23. The van der Waals surface area contributed by atoms with Crippen LogP contribution >= 0.6 is 34.8 Å². The number of aromatic amines is 1. The van der Waals surface area contributed by atoms with Crippen molar-refractivity contribution < 1.29 is 0 Å². The third-order valence-electron chi connectivity index (χ3n) is 2.27. The van der Waals surface area contributed by atoms with Crippen LogP contribution in [0.1, 0.15) is 11.3 Å². The highest BCUT2D eigenvalue weighted by molar-refractivity contribution is 6.42. The summed E-state index contributed by atoms with van der Waals surface area (Å²) in [6.45, 7) is 2.50. The highest BCUT2D eigenvalue weighted by Crippen LogP contribution is 2.29. The molecule has 0 saturated heterocycles. The second kappa shape index (κ2) is 5.12. The Morgan fingerprint density at radius 3 is 2.71 bits per heavy atom. The van der Waals surface area contributed by atoms with Gasteiger partial charge in [0.2, 0.25) is 0 Å². The van der Waals surface area contributed by atoms with E-state index in [1.807, 2.05) is 6.92 Å². The molecule has 2 rings (SSSR count). The average Bonchev–Trinajstić information content (AvgIpc) is 2.68. The average molecular weight is 292 g/mol. The van der Waals surface area contributed by atoms with Gasteiger partial charge in [0.05, 0.1) is 16.2 Å². The Kier molecular flexibility index (Phi) is 3.76. The lowest BCUT2D eigenvalue weighted by Crippen LogP contribution is -2.02. The zero-order valence-electron chi connectivity index (χ0n) is 8.89. The van der Waals surface area contributed by atoms with E-state index >= 15 is 0 Å². The van der Waals surface area contributed by atoms with Crippen LogP contribution in [0.25, 0.3) is 0 Å². The molecule has 0 radical (unpaired) electrons. The van der Waals surface area contributed by atoms with Crippen molar-refractivity contribution >= 4 is 40.6 Å². The summed E-state index contributed by atoms with van der Waals surface area (Å²) in [6, 6.07) is 1.56. The van der Waals surface area contributed by atoms with Crippen LogP contribution < -0.4 is 5.32 Å². The molecule has 0 aromatic carbocycles. The van der Waals surface area contributed by atoms with Crippen molar-refractivity contribution in [3.05, 3.63) is 38.7 Å². The molecule has 0 aliphatic rings. The number of nitrogens with one attached hydrogen (secondary N) is 2. The third kappa shape index (κ3) is 2.83. The summed E-state index contributed by atoms with van der Waals surface area (Å²) in [5.41, 5.74) is 2.03. The first-order valence-electron chi connectivity index (χ1n) is 4.82. The molecule has 4 nitrogen and oxygen atoms in total. The maximum atomic E-state index is 5.99. The molecule has 7 heteroatoms. The Hall–Kier alpha value is -0.970. The summed E-state index contributed by atoms with van der Waals surface area (Å²) in [5, 5.41) is 10.8. The number of hydrogen-bond donors (Lipinski definition) is 2. The molecule has 2 N–H and O–H groups in total. The lowest BCUT2D eigenvalue weighted by molar-refractivity contribution is 1.04. The van der Waals surface area contributed by atoms with E-state index in [1.54, 1.807) is 12.3 Å². The molecule has 0 aliphatic heterocycles. The number of halogens is 3. The predicted molar refractivity (Wildman–Crippen MR) is 69.9 cm³/mol. The second-order valence-corrected chi connectivity index (χ2v) is 4.64. The van der Waals surface area contributed by atoms with Crippen molar-refractivity contribution in [2.75, 3.05) is 5.32 Å². The number of anilines is 1. The van der Waals surface area contributed by atoms with E-state index < -0.39 is 0 Å². The molecule has 0 unspecified atom stereocenters. The van der Waals surface area contributed by atoms with E-state index in [9.17, 15) is 0 Å². The quantitative estimate of drug-likeness (QED) is 0.848. The van der Waals surface area contributed by atoms with Gasteiger partial charge in [-0.2, -0.15) is 5.10 Å². The summed E-state index contributed by atoms with van der Waals surface area (Å²) in [7, 11) is 0. The van der Waals surface area contributed by atoms with Crippen molar-refractivity contribution in [3.8, 4) is 0 Å². The van der Waals surface area contributed by atoms with Crippen LogP contribution in [0.3, 0.4) is 0 Å². The zero-order valence-corrected chi connectivity index (χ0v) is 11.2. The predicted octanol–water partition coefficient (Wildman–Crippen LogP) is 3.69. The largest absolute Gasteiger partial charge is 0.365 e. The molecule has 0 atom stereocenters. The van der Waals surface area contributed by atoms with Crippen molar-refractivity contribution in [1.29, 1.82) is 0 Å². The highest BCUT2D eigenvalue weighted by Gasteiger charge is 2.08. The fourth-order valence-electron chi connectivity index (χ4n) is 1.30. The molecule has 90 valence electrons. The summed E-state index contributed by atoms with van der Waals surface area (Å²) in [4.78, 5) is 4.06. The van der Waals surface area contributed by atoms with Gasteiger partial charge in [-0.3, -0.25) is 5.10 Å². The van der Waals surface area contributed by atoms with Crippen LogP contribution in [0.4, 0.5) is 5.82 Å². The van der Waals surface area contributed by atoms with E-state index in [2.05, 4.69) is 20.5 Å². The monoisotopic (exact) mass is 290 g/mol. The molecule has 2 aromatic heterocycles. The first-order chi connectivity index (χ1) is 8.08. The molecule has 2 heterocycles. The van der Waals surface area contributed by atoms with Crippen LogP contribution in [-0.4, -0.2) is 15.2 Å². The maximum absolute atomic E-state index is 5.99. The topological polar surface area (TPSA) is 53.6 Å². The van der Waals surface area contributed by atoms with Crippen LogP contribution in [0, 0.1) is 6.92 Å². The van der Waals surface area contributed by atoms with Gasteiger partial charge < -0.3 is 5.32 Å². The Bertz CT molecular complexity index is 538. The Morgan fingerprint density at radius 2 is 2.06 bits per heavy atom. The summed E-state index contributed by atoms with van der Waals surface area (Å²) >= 11 is 17.6. The van der Waals surface area contributed by atoms with E-state index in [-0.39, 0.29) is 5.15 Å². The lowest BCUT2D eigenvalue weighted by atomic mass is 10.2. The fraction of sp³-hybridized carbons (Fsp3) is 0.200. The Morgan fingerprint density at radius 1 is 1.29 bits per heavy atom. The van der Waals surface area contributed by atoms with Gasteiger partial charge in [-0.05, 0) is 13.0 Å². The van der Waals surface area contributed by atoms with Crippen molar-refractivity contribution in [1.82, 2.24) is 15.2 Å². The molecule has 0 aliphatic carbocycles. The van der Waals surface area contributed by atoms with Gasteiger partial charge in [-0.15, -0.1) is 0 Å². The highest BCUT2D eigenvalue weighted by atomic mass is 35.5. The summed E-state index contributed by atoms with van der Waals surface area (Å²) in [6.07, 6.45) is 1.74. The van der Waals surface area contributed by atoms with E-state index in [1.165, 1.54) is 0 Å². The molecule has 0 spiro atoms. The number of pyridine rings is 1. The van der Waals surface area contributed by atoms with Crippen LogP contribution in [0.2, 0.25) is 15.2 Å². The van der Waals surface area contributed by atoms with Gasteiger partial charge in [0.25, 0.3) is 0 Å². The normalized spacial score (nSPS) is 10.6. The zero-order chi connectivity index (χ0) is 12.4. The van der Waals surface area contributed by atoms with E-state index in [0.29, 0.717) is 22.4 Å². The summed E-state index contributed by atoms with van der Waals surface area (Å²) < 4.78 is 0. The second-order valence-electron chi connectivity index (χ2n) is 3.47. The van der Waals surface area contributed by atoms with Gasteiger partial charge in [-0.25, -0.2) is 4.98 Å². The number of H-pyrrole nitrogens is 1. The van der Waals surface area contributed by atoms with Gasteiger partial charge in [0.15, 0.2) is 0 Å². The van der Waals surface area contributed by atoms with E-state index in [4.69, 9.17) is 34.8 Å². The van der Waals surface area contributed by atoms with Gasteiger partial charge in [-0.1, -0.05) is 34.8 Å². The van der Waals surface area contributed by atoms with Gasteiger partial charge in [0.1, 0.15) is 11.0 Å². The smallest absolute Gasteiger partial charge is 0.150 e. The SMILES string of the molecule is Cc1[nH]ncc1CNc1nc(Cl)c(Cl)cc1Cl. The minimum atomic E-state index is 0.225. The van der Waals surface area contributed by atoms with Crippen LogP contribution in [0.5, 0.6) is 0 Å². The van der Waals surface area contributed by atoms with Crippen molar-refractivity contribution in [2.45, 2.75) is 13.5 Å². The standard InChI is InChI=1S/C10H9Cl3N4/c1-5-6(4-15-17-5)3-14-10-8(12)2-7(11)9(13)16-10/h2,4H,3H2,1H3,(H,14,16)(H,15,17). The molecule has 0 fully saturated rings. The molecule has 0 amide bonds. The maximum Gasteiger partial charge on any atom is 0.150 e. The molecule has 17 heavy (non-hydrogen) atoms. The number of aryl methyl sites for hydroxylation is 1. The Labute approximate surface area is 113 Å². The number of hydrogen-bond acceptors (Lipinski definition) is 3. The first kappa shape index (κ1) is 12.5. The van der Waals surface area contributed by atoms with Gasteiger partial charge >= 0.3 is 0 Å². The number of rotatable bonds is 3. The molecule has 0 bridgehead atoms. The number of aromatic nitrogens is 3. The molecular formula is C10H9Cl3N4. The van der Waals surface area contributed by atoms with E-state index in [0.717, 1.165) is 11.3 Å². The minimum Gasteiger partial charge on any atom is -0.365 e. The summed E-state index contributed by atoms with van der Waals surface area (Å²) in [5.74, 6) is 0.502. The van der Waals surface area contributed by atoms with Crippen LogP contribution in [-0.2, 0) is 6.54 Å². The molecular weight excluding hydrogens is 282 g/mol. The van der Waals surface area contributed by atoms with Crippen molar-refractivity contribution in [2.24, 2.45) is 0 Å². The number of nitrogens with zero attached hydrogens (tertiary/aromatic N) is 2. The van der Waals surface area contributed by atoms with Gasteiger partial charge in [0, 0.05) is 17.8 Å². The fourth-order valence-corrected chi connectivity index (χ4v) is 1.87. The Balaban J connectivity index is 2.14. The minimum absolute atomic E-state index is 0.225. The molecule has 0 saturated carbocycles. The van der Waals surface area contributed by atoms with Crippen molar-refractivity contribution in [3.63, 3.8) is 0 Å². The lowest BCUT2D eigenvalue weighted by Gasteiger charge is -2.08. The first-order valence-corrected chi connectivity index (χ1v) is 5.95. The molecule has 2 aromatic rings.